The minimum atomic E-state index is -0.974. The van der Waals surface area contributed by atoms with Crippen LogP contribution in [0.4, 0.5) is 0 Å². The SMILES string of the molecule is CCCCOCC(O)COc1csc(C(=O)O)c1. The molecule has 1 aromatic heterocycles. The van der Waals surface area contributed by atoms with Crippen LogP contribution in [0.25, 0.3) is 0 Å². The predicted octanol–water partition coefficient (Wildman–Crippen LogP) is 2.00. The van der Waals surface area contributed by atoms with Gasteiger partial charge in [-0.15, -0.1) is 11.3 Å². The lowest BCUT2D eigenvalue weighted by molar-refractivity contribution is 0.0114. The van der Waals surface area contributed by atoms with E-state index in [1.54, 1.807) is 5.38 Å². The van der Waals surface area contributed by atoms with Gasteiger partial charge in [0.05, 0.1) is 6.61 Å². The lowest BCUT2D eigenvalue weighted by Crippen LogP contribution is -2.23. The molecule has 0 aliphatic heterocycles. The summed E-state index contributed by atoms with van der Waals surface area (Å²) >= 11 is 1.10. The maximum absolute atomic E-state index is 10.6. The van der Waals surface area contributed by atoms with Crippen molar-refractivity contribution in [3.63, 3.8) is 0 Å². The first-order chi connectivity index (χ1) is 8.63. The van der Waals surface area contributed by atoms with Gasteiger partial charge >= 0.3 is 5.97 Å². The number of rotatable bonds is 9. The van der Waals surface area contributed by atoms with Crippen molar-refractivity contribution in [1.29, 1.82) is 0 Å². The van der Waals surface area contributed by atoms with Crippen molar-refractivity contribution in [2.75, 3.05) is 19.8 Å². The molecule has 0 aromatic carbocycles. The quantitative estimate of drug-likeness (QED) is 0.674. The molecule has 0 spiro atoms. The average Bonchev–Trinajstić information content (AvgIpc) is 2.81. The first-order valence-corrected chi connectivity index (χ1v) is 6.72. The number of aliphatic hydroxyl groups excluding tert-OH is 1. The van der Waals surface area contributed by atoms with Crippen molar-refractivity contribution in [2.45, 2.75) is 25.9 Å². The van der Waals surface area contributed by atoms with Crippen molar-refractivity contribution >= 4 is 17.3 Å². The molecule has 6 heteroatoms. The van der Waals surface area contributed by atoms with Crippen LogP contribution >= 0.6 is 11.3 Å². The summed E-state index contributed by atoms with van der Waals surface area (Å²) in [5.74, 6) is -0.511. The first kappa shape index (κ1) is 14.9. The smallest absolute Gasteiger partial charge is 0.346 e. The van der Waals surface area contributed by atoms with Gasteiger partial charge in [-0.25, -0.2) is 4.79 Å². The van der Waals surface area contributed by atoms with Gasteiger partial charge in [0.1, 0.15) is 23.3 Å². The number of aliphatic hydroxyl groups is 1. The number of hydrogen-bond acceptors (Lipinski definition) is 5. The van der Waals surface area contributed by atoms with E-state index in [9.17, 15) is 9.90 Å². The topological polar surface area (TPSA) is 76.0 Å². The van der Waals surface area contributed by atoms with E-state index in [-0.39, 0.29) is 18.1 Å². The molecule has 0 aliphatic rings. The minimum Gasteiger partial charge on any atom is -0.490 e. The van der Waals surface area contributed by atoms with E-state index < -0.39 is 12.1 Å². The molecule has 0 bridgehead atoms. The Labute approximate surface area is 110 Å². The lowest BCUT2D eigenvalue weighted by atomic mass is 10.3. The van der Waals surface area contributed by atoms with Crippen LogP contribution < -0.4 is 4.74 Å². The average molecular weight is 274 g/mol. The third-order valence-electron chi connectivity index (χ3n) is 2.18. The highest BCUT2D eigenvalue weighted by Crippen LogP contribution is 2.21. The van der Waals surface area contributed by atoms with E-state index in [0.717, 1.165) is 24.2 Å². The highest BCUT2D eigenvalue weighted by molar-refractivity contribution is 7.12. The van der Waals surface area contributed by atoms with Gasteiger partial charge < -0.3 is 19.7 Å². The van der Waals surface area contributed by atoms with Crippen LogP contribution in [-0.2, 0) is 4.74 Å². The van der Waals surface area contributed by atoms with Gasteiger partial charge in [0.15, 0.2) is 0 Å². The lowest BCUT2D eigenvalue weighted by Gasteiger charge is -2.11. The Morgan fingerprint density at radius 2 is 2.28 bits per heavy atom. The van der Waals surface area contributed by atoms with E-state index in [2.05, 4.69) is 6.92 Å². The molecule has 0 fully saturated rings. The molecule has 1 rings (SSSR count). The highest BCUT2D eigenvalue weighted by Gasteiger charge is 2.10. The van der Waals surface area contributed by atoms with Crippen molar-refractivity contribution < 1.29 is 24.5 Å². The molecule has 0 saturated carbocycles. The van der Waals surface area contributed by atoms with Crippen LogP contribution in [0, 0.1) is 0 Å². The van der Waals surface area contributed by atoms with Crippen LogP contribution in [0.2, 0.25) is 0 Å². The number of carboxylic acids is 1. The fourth-order valence-electron chi connectivity index (χ4n) is 1.21. The van der Waals surface area contributed by atoms with Crippen molar-refractivity contribution in [3.8, 4) is 5.75 Å². The zero-order valence-corrected chi connectivity index (χ0v) is 11.1. The largest absolute Gasteiger partial charge is 0.490 e. The molecule has 0 amide bonds. The summed E-state index contributed by atoms with van der Waals surface area (Å²) in [5.41, 5.74) is 0. The molecular formula is C12H18O5S. The Hall–Kier alpha value is -1.11. The van der Waals surface area contributed by atoms with E-state index >= 15 is 0 Å². The zero-order valence-electron chi connectivity index (χ0n) is 10.3. The van der Waals surface area contributed by atoms with Gasteiger partial charge in [-0.3, -0.25) is 0 Å². The third kappa shape index (κ3) is 5.48. The second-order valence-corrected chi connectivity index (χ2v) is 4.76. The molecule has 0 saturated heterocycles. The van der Waals surface area contributed by atoms with Gasteiger partial charge in [0.2, 0.25) is 0 Å². The normalized spacial score (nSPS) is 12.3. The Morgan fingerprint density at radius 3 is 2.89 bits per heavy atom. The Morgan fingerprint density at radius 1 is 1.50 bits per heavy atom. The summed E-state index contributed by atoms with van der Waals surface area (Å²) in [7, 11) is 0. The summed E-state index contributed by atoms with van der Waals surface area (Å²) in [6.45, 7) is 3.03. The van der Waals surface area contributed by atoms with E-state index in [1.165, 1.54) is 6.07 Å². The summed E-state index contributed by atoms with van der Waals surface area (Å²) in [6.07, 6.45) is 1.33. The minimum absolute atomic E-state index is 0.0991. The summed E-state index contributed by atoms with van der Waals surface area (Å²) in [6, 6.07) is 1.44. The van der Waals surface area contributed by atoms with Crippen molar-refractivity contribution in [1.82, 2.24) is 0 Å². The van der Waals surface area contributed by atoms with Crippen LogP contribution in [-0.4, -0.2) is 42.1 Å². The van der Waals surface area contributed by atoms with E-state index in [0.29, 0.717) is 12.4 Å². The molecular weight excluding hydrogens is 256 g/mol. The zero-order chi connectivity index (χ0) is 13.4. The van der Waals surface area contributed by atoms with Gasteiger partial charge in [-0.2, -0.15) is 0 Å². The molecule has 1 unspecified atom stereocenters. The van der Waals surface area contributed by atoms with Crippen LogP contribution in [0.3, 0.4) is 0 Å². The first-order valence-electron chi connectivity index (χ1n) is 5.84. The predicted molar refractivity (Wildman–Crippen MR) is 68.5 cm³/mol. The van der Waals surface area contributed by atoms with E-state index in [1.807, 2.05) is 0 Å². The molecule has 2 N–H and O–H groups in total. The number of aromatic carboxylic acids is 1. The molecule has 1 atom stereocenters. The number of carboxylic acid groups (broad SMARTS) is 1. The number of thiophene rings is 1. The van der Waals surface area contributed by atoms with Crippen LogP contribution in [0.1, 0.15) is 29.4 Å². The molecule has 0 radical (unpaired) electrons. The fraction of sp³-hybridized carbons (Fsp3) is 0.583. The Kier molecular flexibility index (Phi) is 6.70. The van der Waals surface area contributed by atoms with Crippen molar-refractivity contribution in [2.24, 2.45) is 0 Å². The number of carbonyl (C=O) groups is 1. The van der Waals surface area contributed by atoms with Crippen molar-refractivity contribution in [3.05, 3.63) is 16.3 Å². The van der Waals surface area contributed by atoms with Crippen LogP contribution in [0.5, 0.6) is 5.75 Å². The molecule has 5 nitrogen and oxygen atoms in total. The maximum Gasteiger partial charge on any atom is 0.346 e. The number of ether oxygens (including phenoxy) is 2. The highest BCUT2D eigenvalue weighted by atomic mass is 32.1. The maximum atomic E-state index is 10.6. The molecule has 102 valence electrons. The third-order valence-corrected chi connectivity index (χ3v) is 3.08. The Bertz CT molecular complexity index is 363. The monoisotopic (exact) mass is 274 g/mol. The Balaban J connectivity index is 2.20. The molecule has 1 heterocycles. The molecule has 18 heavy (non-hydrogen) atoms. The summed E-state index contributed by atoms with van der Waals surface area (Å²) < 4.78 is 10.5. The van der Waals surface area contributed by atoms with Gasteiger partial charge in [-0.1, -0.05) is 13.3 Å². The van der Waals surface area contributed by atoms with Gasteiger partial charge in [-0.05, 0) is 6.42 Å². The van der Waals surface area contributed by atoms with Crippen LogP contribution in [0.15, 0.2) is 11.4 Å². The fourth-order valence-corrected chi connectivity index (χ4v) is 1.88. The summed E-state index contributed by atoms with van der Waals surface area (Å²) in [4.78, 5) is 10.9. The number of unbranched alkanes of at least 4 members (excludes halogenated alkanes) is 1. The van der Waals surface area contributed by atoms with Gasteiger partial charge in [0, 0.05) is 18.1 Å². The second kappa shape index (κ2) is 8.07. The second-order valence-electron chi connectivity index (χ2n) is 3.85. The van der Waals surface area contributed by atoms with E-state index in [4.69, 9.17) is 14.6 Å². The number of hydrogen-bond donors (Lipinski definition) is 2. The standard InChI is InChI=1S/C12H18O5S/c1-2-3-4-16-6-9(13)7-17-10-5-11(12(14)15)18-8-10/h5,8-9,13H,2-4,6-7H2,1H3,(H,14,15). The molecule has 1 aromatic rings. The van der Waals surface area contributed by atoms with Gasteiger partial charge in [0.25, 0.3) is 0 Å². The molecule has 0 aliphatic carbocycles. The summed E-state index contributed by atoms with van der Waals surface area (Å²) in [5, 5.41) is 19.9.